The number of anilines is 2. The van der Waals surface area contributed by atoms with E-state index in [0.29, 0.717) is 0 Å². The van der Waals surface area contributed by atoms with E-state index in [4.69, 9.17) is 0 Å². The molecule has 3 aromatic rings. The molecule has 0 spiro atoms. The van der Waals surface area contributed by atoms with Crippen molar-refractivity contribution in [3.8, 4) is 0 Å². The molecule has 0 radical (unpaired) electrons. The first-order valence-corrected chi connectivity index (χ1v) is 15.7. The van der Waals surface area contributed by atoms with Crippen LogP contribution < -0.4 is 14.8 Å². The van der Waals surface area contributed by atoms with E-state index in [2.05, 4.69) is 134 Å². The van der Waals surface area contributed by atoms with Crippen molar-refractivity contribution in [2.75, 3.05) is 36.0 Å². The van der Waals surface area contributed by atoms with Crippen molar-refractivity contribution in [3.63, 3.8) is 0 Å². The number of nitrogens with one attached hydrogen (secondary N) is 1. The summed E-state index contributed by atoms with van der Waals surface area (Å²) < 4.78 is 0. The van der Waals surface area contributed by atoms with Crippen molar-refractivity contribution in [2.45, 2.75) is 79.1 Å². The Labute approximate surface area is 244 Å². The van der Waals surface area contributed by atoms with Gasteiger partial charge in [-0.3, -0.25) is 0 Å². The maximum absolute atomic E-state index is 3.55. The third kappa shape index (κ3) is 10.7. The van der Waals surface area contributed by atoms with Crippen LogP contribution in [0.3, 0.4) is 0 Å². The van der Waals surface area contributed by atoms with Crippen LogP contribution in [-0.4, -0.2) is 26.2 Å². The molecule has 0 unspecified atom stereocenters. The molecule has 1 N–H and O–H groups in total. The molecule has 0 atom stereocenters. The third-order valence-electron chi connectivity index (χ3n) is 7.39. The quantitative estimate of drug-likeness (QED) is 0.161. The number of hydrogen-bond donors (Lipinski definition) is 0. The lowest BCUT2D eigenvalue weighted by atomic mass is 10.1. The second-order valence-corrected chi connectivity index (χ2v) is 10.8. The summed E-state index contributed by atoms with van der Waals surface area (Å²) in [5.74, 6) is 0. The summed E-state index contributed by atoms with van der Waals surface area (Å²) in [6.07, 6.45) is 18.6. The van der Waals surface area contributed by atoms with Gasteiger partial charge in [-0.2, -0.15) is 0 Å². The van der Waals surface area contributed by atoms with Crippen molar-refractivity contribution in [1.82, 2.24) is 0 Å². The number of H-pyrrole nitrogens is 1. The third-order valence-corrected chi connectivity index (χ3v) is 7.39. The molecule has 3 rings (SSSR count). The molecule has 0 fully saturated rings. The SMILES string of the molecule is CCCCN(CCCC)c1ccc(/C=C/c2cccc(/C=C/c3ccc(N(CCCC)CCCC)cc3)[nH+]2)cc1. The summed E-state index contributed by atoms with van der Waals surface area (Å²) >= 11 is 0. The van der Waals surface area contributed by atoms with Gasteiger partial charge >= 0.3 is 0 Å². The van der Waals surface area contributed by atoms with Crippen molar-refractivity contribution in [1.29, 1.82) is 0 Å². The second-order valence-electron chi connectivity index (χ2n) is 10.8. The fourth-order valence-corrected chi connectivity index (χ4v) is 4.80. The highest BCUT2D eigenvalue weighted by atomic mass is 15.1. The molecule has 1 heterocycles. The molecule has 0 aliphatic rings. The zero-order chi connectivity index (χ0) is 28.4. The Hall–Kier alpha value is -3.33. The molecule has 3 nitrogen and oxygen atoms in total. The van der Waals surface area contributed by atoms with Gasteiger partial charge < -0.3 is 9.80 Å². The van der Waals surface area contributed by atoms with E-state index in [1.165, 1.54) is 73.9 Å². The van der Waals surface area contributed by atoms with Gasteiger partial charge in [0.2, 0.25) is 11.4 Å². The summed E-state index contributed by atoms with van der Waals surface area (Å²) in [4.78, 5) is 8.62. The molecule has 0 aliphatic carbocycles. The minimum atomic E-state index is 1.09. The molecule has 0 saturated heterocycles. The largest absolute Gasteiger partial charge is 0.372 e. The van der Waals surface area contributed by atoms with Crippen LogP contribution in [-0.2, 0) is 0 Å². The zero-order valence-electron chi connectivity index (χ0n) is 25.5. The predicted molar refractivity (Wildman–Crippen MR) is 178 cm³/mol. The maximum atomic E-state index is 3.55. The monoisotopic (exact) mass is 538 g/mol. The minimum absolute atomic E-state index is 1.09. The molecular weight excluding hydrogens is 486 g/mol. The summed E-state index contributed by atoms with van der Waals surface area (Å²) in [5.41, 5.74) is 7.29. The van der Waals surface area contributed by atoms with Gasteiger partial charge in [-0.25, -0.2) is 4.98 Å². The Morgan fingerprint density at radius 1 is 0.475 bits per heavy atom. The average Bonchev–Trinajstić information content (AvgIpc) is 3.00. The van der Waals surface area contributed by atoms with E-state index >= 15 is 0 Å². The molecule has 0 saturated carbocycles. The average molecular weight is 539 g/mol. The topological polar surface area (TPSA) is 20.6 Å². The zero-order valence-corrected chi connectivity index (χ0v) is 25.5. The number of nitrogens with zero attached hydrogens (tertiary/aromatic N) is 2. The Bertz CT molecular complexity index is 1040. The number of pyridine rings is 1. The molecule has 0 aliphatic heterocycles. The van der Waals surface area contributed by atoms with Gasteiger partial charge in [0, 0.05) is 61.8 Å². The molecule has 2 aromatic carbocycles. The highest BCUT2D eigenvalue weighted by molar-refractivity contribution is 5.70. The van der Waals surface area contributed by atoms with Gasteiger partial charge in [-0.1, -0.05) is 77.6 Å². The summed E-state index contributed by atoms with van der Waals surface area (Å²) in [5, 5.41) is 0. The van der Waals surface area contributed by atoms with Gasteiger partial charge in [-0.15, -0.1) is 0 Å². The summed E-state index contributed by atoms with van der Waals surface area (Å²) in [6, 6.07) is 24.4. The number of benzene rings is 2. The lowest BCUT2D eigenvalue weighted by Gasteiger charge is -2.24. The van der Waals surface area contributed by atoms with Crippen LogP contribution in [0.5, 0.6) is 0 Å². The van der Waals surface area contributed by atoms with E-state index < -0.39 is 0 Å². The molecule has 40 heavy (non-hydrogen) atoms. The normalized spacial score (nSPS) is 11.5. The van der Waals surface area contributed by atoms with Gasteiger partial charge in [0.25, 0.3) is 0 Å². The van der Waals surface area contributed by atoms with Crippen LogP contribution in [0.1, 0.15) is 102 Å². The van der Waals surface area contributed by atoms with Gasteiger partial charge in [0.05, 0.1) is 0 Å². The van der Waals surface area contributed by atoms with Gasteiger partial charge in [0.15, 0.2) is 0 Å². The van der Waals surface area contributed by atoms with Crippen LogP contribution in [0.15, 0.2) is 66.7 Å². The number of unbranched alkanes of at least 4 members (excludes halogenated alkanes) is 4. The van der Waals surface area contributed by atoms with Gasteiger partial charge in [-0.05, 0) is 79.3 Å². The Morgan fingerprint density at radius 2 is 0.825 bits per heavy atom. The fraction of sp³-hybridized carbons (Fsp3) is 0.432. The first kappa shape index (κ1) is 31.2. The molecular formula is C37H52N3+. The lowest BCUT2D eigenvalue weighted by Crippen LogP contribution is -2.25. The fourth-order valence-electron chi connectivity index (χ4n) is 4.80. The Balaban J connectivity index is 1.62. The molecule has 0 amide bonds. The second kappa shape index (κ2) is 18.1. The standard InChI is InChI=1S/C37H51N3/c1-5-9-28-39(29-10-6-2)36-24-18-32(19-25-36)16-22-34-14-13-15-35(38-34)23-17-33-20-26-37(27-21-33)40(30-11-7-3)31-12-8-4/h13-27H,5-12,28-31H2,1-4H3/p+1/b22-16+,23-17+. The Kier molecular flexibility index (Phi) is 14.1. The van der Waals surface area contributed by atoms with Crippen LogP contribution in [0.25, 0.3) is 24.3 Å². The van der Waals surface area contributed by atoms with E-state index in [-0.39, 0.29) is 0 Å². The minimum Gasteiger partial charge on any atom is -0.372 e. The number of aromatic nitrogens is 1. The molecule has 0 bridgehead atoms. The highest BCUT2D eigenvalue weighted by Crippen LogP contribution is 2.20. The van der Waals surface area contributed by atoms with Crippen LogP contribution in [0.4, 0.5) is 11.4 Å². The van der Waals surface area contributed by atoms with Crippen molar-refractivity contribution in [2.24, 2.45) is 0 Å². The van der Waals surface area contributed by atoms with Crippen LogP contribution in [0, 0.1) is 0 Å². The maximum Gasteiger partial charge on any atom is 0.203 e. The smallest absolute Gasteiger partial charge is 0.203 e. The number of aromatic amines is 1. The molecule has 3 heteroatoms. The Morgan fingerprint density at radius 3 is 1.15 bits per heavy atom. The number of rotatable bonds is 18. The van der Waals surface area contributed by atoms with Crippen molar-refractivity contribution in [3.05, 3.63) is 89.2 Å². The molecule has 1 aromatic heterocycles. The van der Waals surface area contributed by atoms with E-state index in [0.717, 1.165) is 37.6 Å². The van der Waals surface area contributed by atoms with Crippen molar-refractivity contribution >= 4 is 35.7 Å². The van der Waals surface area contributed by atoms with E-state index in [1.54, 1.807) is 0 Å². The first-order valence-electron chi connectivity index (χ1n) is 15.7. The van der Waals surface area contributed by atoms with Crippen LogP contribution in [0.2, 0.25) is 0 Å². The van der Waals surface area contributed by atoms with Gasteiger partial charge in [0.1, 0.15) is 0 Å². The summed E-state index contributed by atoms with van der Waals surface area (Å²) in [7, 11) is 0. The highest BCUT2D eigenvalue weighted by Gasteiger charge is 2.07. The lowest BCUT2D eigenvalue weighted by molar-refractivity contribution is -0.383. The number of hydrogen-bond acceptors (Lipinski definition) is 2. The van der Waals surface area contributed by atoms with E-state index in [1.807, 2.05) is 0 Å². The van der Waals surface area contributed by atoms with Crippen LogP contribution >= 0.6 is 0 Å². The summed E-state index contributed by atoms with van der Waals surface area (Å²) in [6.45, 7) is 13.6. The molecule has 214 valence electrons. The predicted octanol–water partition coefficient (Wildman–Crippen LogP) is 9.65. The first-order chi connectivity index (χ1) is 19.7. The van der Waals surface area contributed by atoms with Crippen molar-refractivity contribution < 1.29 is 4.98 Å². The van der Waals surface area contributed by atoms with E-state index in [9.17, 15) is 0 Å².